The number of esters is 1. The monoisotopic (exact) mass is 651 g/mol. The molecule has 3 amide bonds. The fourth-order valence-electron chi connectivity index (χ4n) is 4.69. The molecule has 1 saturated carbocycles. The standard InChI is InChI=1S/C30H29ClF3N3O6S/c31-25-15-14-21(28(39)43-19-27(38)36-29(40)35-23-11-5-2-6-12-23)16-26(25)44(41,42)37(18-20-8-3-1-4-9-20)24-13-7-10-22(17-24)30(32,33)34/h1,3-4,7-10,13-17,23H,2,5-6,11-12,18-19H2,(H2,35,36,38,40). The maximum Gasteiger partial charge on any atom is 0.416 e. The van der Waals surface area contributed by atoms with Crippen molar-refractivity contribution in [2.75, 3.05) is 10.9 Å². The van der Waals surface area contributed by atoms with Crippen molar-refractivity contribution in [2.45, 2.75) is 55.8 Å². The lowest BCUT2D eigenvalue weighted by molar-refractivity contribution is -0.137. The number of alkyl halides is 3. The molecule has 44 heavy (non-hydrogen) atoms. The van der Waals surface area contributed by atoms with E-state index in [4.69, 9.17) is 16.3 Å². The SMILES string of the molecule is O=C(COC(=O)c1ccc(Cl)c(S(=O)(=O)N(Cc2ccccc2)c2cccc(C(F)(F)F)c2)c1)NC(=O)NC1CCCCC1. The Bertz CT molecular complexity index is 1610. The number of imide groups is 1. The number of nitrogens with zero attached hydrogens (tertiary/aromatic N) is 1. The molecule has 3 aromatic carbocycles. The number of hydrogen-bond acceptors (Lipinski definition) is 6. The Morgan fingerprint density at radius 1 is 0.932 bits per heavy atom. The second kappa shape index (κ2) is 14.1. The normalized spacial score (nSPS) is 14.0. The van der Waals surface area contributed by atoms with Gasteiger partial charge in [0.1, 0.15) is 4.90 Å². The maximum absolute atomic E-state index is 13.9. The quantitative estimate of drug-likeness (QED) is 0.271. The van der Waals surface area contributed by atoms with Crippen LogP contribution in [0.25, 0.3) is 0 Å². The Morgan fingerprint density at radius 3 is 2.32 bits per heavy atom. The van der Waals surface area contributed by atoms with E-state index in [1.54, 1.807) is 30.3 Å². The molecule has 9 nitrogen and oxygen atoms in total. The van der Waals surface area contributed by atoms with Gasteiger partial charge in [-0.05, 0) is 54.8 Å². The number of benzene rings is 3. The van der Waals surface area contributed by atoms with Crippen LogP contribution in [-0.4, -0.2) is 39.0 Å². The third kappa shape index (κ3) is 8.50. The lowest BCUT2D eigenvalue weighted by Gasteiger charge is -2.26. The van der Waals surface area contributed by atoms with E-state index in [-0.39, 0.29) is 28.9 Å². The van der Waals surface area contributed by atoms with Gasteiger partial charge in [0.25, 0.3) is 15.9 Å². The van der Waals surface area contributed by atoms with Crippen LogP contribution in [0.2, 0.25) is 5.02 Å². The van der Waals surface area contributed by atoms with E-state index in [1.165, 1.54) is 12.1 Å². The molecular weight excluding hydrogens is 623 g/mol. The number of ether oxygens (including phenoxy) is 1. The number of carbonyl (C=O) groups is 3. The van der Waals surface area contributed by atoms with Crippen molar-refractivity contribution in [3.8, 4) is 0 Å². The van der Waals surface area contributed by atoms with Gasteiger partial charge in [0, 0.05) is 6.04 Å². The molecule has 0 saturated heterocycles. The Labute approximate surface area is 257 Å². The first-order valence-corrected chi connectivity index (χ1v) is 15.5. The third-order valence-corrected chi connectivity index (χ3v) is 9.15. The predicted molar refractivity (Wildman–Crippen MR) is 157 cm³/mol. The number of rotatable bonds is 9. The molecule has 1 aliphatic carbocycles. The number of carbonyl (C=O) groups excluding carboxylic acids is 3. The molecule has 0 radical (unpaired) electrons. The summed E-state index contributed by atoms with van der Waals surface area (Å²) in [5.41, 5.74) is -1.16. The van der Waals surface area contributed by atoms with E-state index in [0.717, 1.165) is 60.7 Å². The predicted octanol–water partition coefficient (Wildman–Crippen LogP) is 6.07. The summed E-state index contributed by atoms with van der Waals surface area (Å²) in [5, 5.41) is 4.47. The molecule has 0 aromatic heterocycles. The molecule has 0 atom stereocenters. The fraction of sp³-hybridized carbons (Fsp3) is 0.300. The van der Waals surface area contributed by atoms with E-state index >= 15 is 0 Å². The average Bonchev–Trinajstić information content (AvgIpc) is 2.99. The number of hydrogen-bond donors (Lipinski definition) is 2. The molecule has 1 fully saturated rings. The van der Waals surface area contributed by atoms with E-state index in [2.05, 4.69) is 10.6 Å². The second-order valence-corrected chi connectivity index (χ2v) is 12.4. The van der Waals surface area contributed by atoms with E-state index in [0.29, 0.717) is 11.6 Å². The van der Waals surface area contributed by atoms with Crippen molar-refractivity contribution in [3.63, 3.8) is 0 Å². The number of sulfonamides is 1. The summed E-state index contributed by atoms with van der Waals surface area (Å²) in [6, 6.07) is 14.4. The van der Waals surface area contributed by atoms with Crippen molar-refractivity contribution < 1.29 is 40.7 Å². The van der Waals surface area contributed by atoms with Crippen molar-refractivity contribution in [1.82, 2.24) is 10.6 Å². The second-order valence-electron chi connectivity index (χ2n) is 10.1. The maximum atomic E-state index is 13.9. The van der Waals surface area contributed by atoms with Crippen molar-refractivity contribution in [3.05, 3.63) is 94.5 Å². The minimum Gasteiger partial charge on any atom is -0.452 e. The van der Waals surface area contributed by atoms with Gasteiger partial charge in [-0.1, -0.05) is 67.3 Å². The summed E-state index contributed by atoms with van der Waals surface area (Å²) in [6.45, 7) is -1.18. The van der Waals surface area contributed by atoms with Gasteiger partial charge in [-0.15, -0.1) is 0 Å². The number of anilines is 1. The Balaban J connectivity index is 1.54. The average molecular weight is 652 g/mol. The van der Waals surface area contributed by atoms with Gasteiger partial charge >= 0.3 is 18.2 Å². The van der Waals surface area contributed by atoms with Crippen LogP contribution in [-0.2, 0) is 32.3 Å². The lowest BCUT2D eigenvalue weighted by Crippen LogP contribution is -2.46. The number of nitrogens with one attached hydrogen (secondary N) is 2. The van der Waals surface area contributed by atoms with Gasteiger partial charge in [0.05, 0.1) is 28.4 Å². The molecule has 4 rings (SSSR count). The van der Waals surface area contributed by atoms with Crippen LogP contribution < -0.4 is 14.9 Å². The van der Waals surface area contributed by atoms with Crippen molar-refractivity contribution in [1.29, 1.82) is 0 Å². The highest BCUT2D eigenvalue weighted by molar-refractivity contribution is 7.93. The van der Waals surface area contributed by atoms with Gasteiger partial charge in [-0.2, -0.15) is 13.2 Å². The molecule has 0 aliphatic heterocycles. The highest BCUT2D eigenvalue weighted by Gasteiger charge is 2.33. The Kier molecular flexibility index (Phi) is 10.5. The van der Waals surface area contributed by atoms with Crippen LogP contribution in [0.4, 0.5) is 23.7 Å². The molecule has 2 N–H and O–H groups in total. The first-order valence-electron chi connectivity index (χ1n) is 13.7. The third-order valence-electron chi connectivity index (χ3n) is 6.89. The Morgan fingerprint density at radius 2 is 1.64 bits per heavy atom. The first kappa shape index (κ1) is 32.8. The van der Waals surface area contributed by atoms with Gasteiger partial charge in [-0.25, -0.2) is 18.0 Å². The van der Waals surface area contributed by atoms with Crippen LogP contribution in [0, 0.1) is 0 Å². The molecule has 0 heterocycles. The van der Waals surface area contributed by atoms with Crippen LogP contribution in [0.1, 0.15) is 53.6 Å². The molecule has 1 aliphatic rings. The molecule has 3 aromatic rings. The molecular formula is C30H29ClF3N3O6S. The first-order chi connectivity index (χ1) is 20.8. The summed E-state index contributed by atoms with van der Waals surface area (Å²) in [5.74, 6) is -1.98. The van der Waals surface area contributed by atoms with Crippen molar-refractivity contribution in [2.24, 2.45) is 0 Å². The molecule has 14 heteroatoms. The van der Waals surface area contributed by atoms with E-state index < -0.39 is 51.2 Å². The molecule has 0 unspecified atom stereocenters. The van der Waals surface area contributed by atoms with Gasteiger partial charge in [0.2, 0.25) is 0 Å². The zero-order chi connectivity index (χ0) is 31.9. The minimum absolute atomic E-state index is 0.0501. The molecule has 234 valence electrons. The highest BCUT2D eigenvalue weighted by atomic mass is 35.5. The largest absolute Gasteiger partial charge is 0.452 e. The summed E-state index contributed by atoms with van der Waals surface area (Å²) in [4.78, 5) is 36.4. The topological polar surface area (TPSA) is 122 Å². The van der Waals surface area contributed by atoms with Crippen molar-refractivity contribution >= 4 is 45.2 Å². The molecule has 0 spiro atoms. The number of halogens is 4. The summed E-state index contributed by atoms with van der Waals surface area (Å²) in [6.07, 6.45) is -0.108. The zero-order valence-corrected chi connectivity index (χ0v) is 24.8. The summed E-state index contributed by atoms with van der Waals surface area (Å²) < 4.78 is 74.1. The summed E-state index contributed by atoms with van der Waals surface area (Å²) in [7, 11) is -4.67. The molecule has 0 bridgehead atoms. The van der Waals surface area contributed by atoms with Crippen LogP contribution in [0.3, 0.4) is 0 Å². The smallest absolute Gasteiger partial charge is 0.416 e. The van der Waals surface area contributed by atoms with Crippen LogP contribution in [0.5, 0.6) is 0 Å². The van der Waals surface area contributed by atoms with Crippen LogP contribution in [0.15, 0.2) is 77.7 Å². The van der Waals surface area contributed by atoms with Gasteiger partial charge in [-0.3, -0.25) is 14.4 Å². The highest BCUT2D eigenvalue weighted by Crippen LogP contribution is 2.35. The summed E-state index contributed by atoms with van der Waals surface area (Å²) >= 11 is 6.24. The van der Waals surface area contributed by atoms with Gasteiger partial charge < -0.3 is 10.1 Å². The number of urea groups is 1. The zero-order valence-electron chi connectivity index (χ0n) is 23.3. The van der Waals surface area contributed by atoms with Crippen LogP contribution >= 0.6 is 11.6 Å². The minimum atomic E-state index is -4.73. The Hall–Kier alpha value is -4.10. The fourth-order valence-corrected chi connectivity index (χ4v) is 6.64. The van der Waals surface area contributed by atoms with Gasteiger partial charge in [0.15, 0.2) is 6.61 Å². The number of amides is 3. The van der Waals surface area contributed by atoms with E-state index in [1.807, 2.05) is 0 Å². The van der Waals surface area contributed by atoms with E-state index in [9.17, 15) is 36.0 Å². The lowest BCUT2D eigenvalue weighted by atomic mass is 9.96.